The number of amides is 2. The van der Waals surface area contributed by atoms with Crippen molar-refractivity contribution in [3.63, 3.8) is 0 Å². The van der Waals surface area contributed by atoms with Gasteiger partial charge in [-0.25, -0.2) is 9.97 Å². The molecule has 8 aromatic rings. The van der Waals surface area contributed by atoms with E-state index in [1.807, 2.05) is 36.4 Å². The molecule has 4 fully saturated rings. The van der Waals surface area contributed by atoms with E-state index in [0.717, 1.165) is 113 Å². The number of imidazole rings is 2. The van der Waals surface area contributed by atoms with Crippen LogP contribution in [0.1, 0.15) is 101 Å². The van der Waals surface area contributed by atoms with Gasteiger partial charge in [0.1, 0.15) is 23.7 Å². The summed E-state index contributed by atoms with van der Waals surface area (Å²) in [5, 5.41) is 2.34. The first-order valence-electron chi connectivity index (χ1n) is 25.5. The van der Waals surface area contributed by atoms with Crippen LogP contribution in [0.3, 0.4) is 0 Å². The normalized spacial score (nSPS) is 23.6. The molecule has 4 heterocycles. The average molecular weight is 915 g/mol. The largest absolute Gasteiger partial charge is 0.340 e. The molecule has 4 aliphatic rings. The molecule has 6 aromatic carbocycles. The number of carbonyl (C=O) groups is 2. The highest BCUT2D eigenvalue weighted by atomic mass is 16.2. The van der Waals surface area contributed by atoms with Crippen LogP contribution in [0.4, 0.5) is 0 Å². The third-order valence-electron chi connectivity index (χ3n) is 16.5. The van der Waals surface area contributed by atoms with Gasteiger partial charge >= 0.3 is 0 Å². The van der Waals surface area contributed by atoms with Crippen molar-refractivity contribution in [2.24, 2.45) is 17.8 Å². The predicted octanol–water partition coefficient (Wildman–Crippen LogP) is 11.7. The second-order valence-electron chi connectivity index (χ2n) is 20.1. The van der Waals surface area contributed by atoms with Crippen LogP contribution >= 0.6 is 0 Å². The van der Waals surface area contributed by atoms with Gasteiger partial charge in [-0.05, 0) is 144 Å². The highest BCUT2D eigenvalue weighted by Crippen LogP contribution is 2.58. The molecule has 69 heavy (non-hydrogen) atoms. The molecular formula is C59H62N8O2. The lowest BCUT2D eigenvalue weighted by molar-refractivity contribution is -0.140. The predicted molar refractivity (Wildman–Crippen MR) is 275 cm³/mol. The number of carbonyl (C=O) groups excluding carboxylic acids is 2. The fraction of sp³-hybridized carbons (Fsp3) is 0.356. The number of aromatic nitrogens is 4. The number of nitrogens with zero attached hydrogens (tertiary/aromatic N) is 6. The number of aromatic amines is 2. The Bertz CT molecular complexity index is 3210. The number of likely N-dealkylation sites (N-methyl/N-ethyl adjacent to an activating group) is 2. The highest BCUT2D eigenvalue weighted by molar-refractivity contribution is 5.93. The van der Waals surface area contributed by atoms with E-state index in [0.29, 0.717) is 17.8 Å². The van der Waals surface area contributed by atoms with E-state index in [9.17, 15) is 9.59 Å². The molecule has 2 saturated carbocycles. The van der Waals surface area contributed by atoms with Gasteiger partial charge in [-0.3, -0.25) is 19.4 Å². The Morgan fingerprint density at radius 1 is 0.565 bits per heavy atom. The van der Waals surface area contributed by atoms with Crippen LogP contribution < -0.4 is 0 Å². The molecule has 10 heteroatoms. The number of H-pyrrole nitrogens is 2. The van der Waals surface area contributed by atoms with Gasteiger partial charge in [0, 0.05) is 12.1 Å². The summed E-state index contributed by atoms with van der Waals surface area (Å²) in [6, 6.07) is 46.7. The molecule has 2 amide bonds. The van der Waals surface area contributed by atoms with Crippen molar-refractivity contribution < 1.29 is 9.59 Å². The van der Waals surface area contributed by atoms with Crippen molar-refractivity contribution in [3.05, 3.63) is 156 Å². The standard InChI is InChI=1S/C59H62N8O2/c1-6-64(7-2)54(36-16-12-10-13-17-36)58(68)66-50-32-44(50)33-51(66)56-60-46-26-24-42(30-48(46)62-56)40-22-20-39-29-41(23-21-38(39)28-40)43-25-27-47-49(31-43)63-57(61-47)52-34-45-35(5)53(45)67(52)59(69)55(65(8-3)9-4)37-18-14-11-15-19-37/h10-31,35,44-45,50-55H,6-9,32-34H2,1-5H3,(H,60,62)(H,61,63)/t35?,44-,45?,50-,51+,52+,53?,54-,55-/m1/s1. The first-order valence-corrected chi connectivity index (χ1v) is 25.5. The SMILES string of the molecule is CCN(CC)[C@@H](C(=O)N1C2C(C)C2C[C@H]1c1nc2ccc(-c3ccc4cc(-c5ccc6nc([C@@H]7C[C@H]8C[C@H]8N7C(=O)[C@@H](c7ccccc7)N(CC)CC)[nH]c6c5)ccc4c3)cc2[nH]1)c1ccccc1. The third kappa shape index (κ3) is 7.54. The minimum absolute atomic E-state index is 0.0663. The Balaban J connectivity index is 0.784. The summed E-state index contributed by atoms with van der Waals surface area (Å²) < 4.78 is 0. The fourth-order valence-corrected chi connectivity index (χ4v) is 12.6. The van der Waals surface area contributed by atoms with Gasteiger partial charge in [0.05, 0.1) is 34.2 Å². The summed E-state index contributed by atoms with van der Waals surface area (Å²) in [6.07, 6.45) is 2.96. The van der Waals surface area contributed by atoms with Gasteiger partial charge in [0.25, 0.3) is 0 Å². The zero-order valence-electron chi connectivity index (χ0n) is 40.3. The number of benzene rings is 6. The zero-order valence-corrected chi connectivity index (χ0v) is 40.3. The highest BCUT2D eigenvalue weighted by Gasteiger charge is 2.62. The summed E-state index contributed by atoms with van der Waals surface area (Å²) in [5.74, 6) is 3.67. The monoisotopic (exact) mass is 914 g/mol. The van der Waals surface area contributed by atoms with E-state index in [1.165, 1.54) is 10.8 Å². The first kappa shape index (κ1) is 43.6. The molecule has 0 spiro atoms. The minimum Gasteiger partial charge on any atom is -0.340 e. The van der Waals surface area contributed by atoms with Crippen LogP contribution in [-0.2, 0) is 9.59 Å². The van der Waals surface area contributed by atoms with Crippen LogP contribution in [0, 0.1) is 17.8 Å². The average Bonchev–Trinajstić information content (AvgIpc) is 3.88. The Labute approximate surface area is 404 Å². The van der Waals surface area contributed by atoms with Gasteiger partial charge in [-0.2, -0.15) is 0 Å². The number of piperidine rings is 2. The second-order valence-corrected chi connectivity index (χ2v) is 20.1. The lowest BCUT2D eigenvalue weighted by Crippen LogP contribution is -2.45. The Kier molecular flexibility index (Phi) is 11.0. The van der Waals surface area contributed by atoms with E-state index < -0.39 is 0 Å². The third-order valence-corrected chi connectivity index (χ3v) is 16.5. The van der Waals surface area contributed by atoms with E-state index in [1.54, 1.807) is 0 Å². The first-order chi connectivity index (χ1) is 33.7. The molecule has 9 atom stereocenters. The molecule has 10 nitrogen and oxygen atoms in total. The summed E-state index contributed by atoms with van der Waals surface area (Å²) >= 11 is 0. The van der Waals surface area contributed by atoms with E-state index in [4.69, 9.17) is 9.97 Å². The molecule has 12 rings (SSSR count). The zero-order chi connectivity index (χ0) is 47.1. The van der Waals surface area contributed by atoms with Crippen LogP contribution in [0.15, 0.2) is 133 Å². The van der Waals surface area contributed by atoms with E-state index >= 15 is 0 Å². The van der Waals surface area contributed by atoms with Crippen LogP contribution in [0.2, 0.25) is 0 Å². The number of likely N-dealkylation sites (tertiary alicyclic amines) is 2. The van der Waals surface area contributed by atoms with Crippen LogP contribution in [-0.4, -0.2) is 89.6 Å². The van der Waals surface area contributed by atoms with Gasteiger partial charge in [0.15, 0.2) is 0 Å². The maximum Gasteiger partial charge on any atom is 0.245 e. The van der Waals surface area contributed by atoms with Crippen molar-refractivity contribution in [1.82, 2.24) is 39.5 Å². The Morgan fingerprint density at radius 3 is 1.51 bits per heavy atom. The molecule has 2 aromatic heterocycles. The second kappa shape index (κ2) is 17.4. The smallest absolute Gasteiger partial charge is 0.245 e. The van der Waals surface area contributed by atoms with Gasteiger partial charge < -0.3 is 19.8 Å². The molecule has 2 saturated heterocycles. The quantitative estimate of drug-likeness (QED) is 0.113. The summed E-state index contributed by atoms with van der Waals surface area (Å²) in [7, 11) is 0. The fourth-order valence-electron chi connectivity index (χ4n) is 12.6. The van der Waals surface area contributed by atoms with Gasteiger partial charge in [-0.1, -0.05) is 132 Å². The van der Waals surface area contributed by atoms with Crippen molar-refractivity contribution in [2.45, 2.75) is 90.1 Å². The number of nitrogens with one attached hydrogen (secondary N) is 2. The Morgan fingerprint density at radius 2 is 1.01 bits per heavy atom. The number of hydrogen-bond acceptors (Lipinski definition) is 6. The molecule has 0 radical (unpaired) electrons. The van der Waals surface area contributed by atoms with Gasteiger partial charge in [-0.15, -0.1) is 0 Å². The molecule has 2 aliphatic carbocycles. The van der Waals surface area contributed by atoms with Crippen LogP contribution in [0.5, 0.6) is 0 Å². The van der Waals surface area contributed by atoms with Crippen molar-refractivity contribution in [2.75, 3.05) is 26.2 Å². The summed E-state index contributed by atoms with van der Waals surface area (Å²) in [5.41, 5.74) is 10.4. The minimum atomic E-state index is -0.321. The van der Waals surface area contributed by atoms with E-state index in [-0.39, 0.29) is 48.1 Å². The summed E-state index contributed by atoms with van der Waals surface area (Å²) in [4.78, 5) is 56.0. The summed E-state index contributed by atoms with van der Waals surface area (Å²) in [6.45, 7) is 14.1. The van der Waals surface area contributed by atoms with Crippen molar-refractivity contribution >= 4 is 44.7 Å². The van der Waals surface area contributed by atoms with E-state index in [2.05, 4.69) is 161 Å². The van der Waals surface area contributed by atoms with Crippen molar-refractivity contribution in [3.8, 4) is 22.3 Å². The maximum absolute atomic E-state index is 14.8. The Hall–Kier alpha value is -6.62. The van der Waals surface area contributed by atoms with Gasteiger partial charge in [0.2, 0.25) is 11.8 Å². The number of fused-ring (bicyclic) bond motifs is 5. The van der Waals surface area contributed by atoms with Crippen LogP contribution in [0.25, 0.3) is 55.1 Å². The molecule has 2 aliphatic heterocycles. The maximum atomic E-state index is 14.8. The topological polar surface area (TPSA) is 104 Å². The molecule has 350 valence electrons. The lowest BCUT2D eigenvalue weighted by Gasteiger charge is -2.36. The molecule has 2 N–H and O–H groups in total. The molecule has 0 bridgehead atoms. The van der Waals surface area contributed by atoms with Crippen molar-refractivity contribution in [1.29, 1.82) is 0 Å². The molecular weight excluding hydrogens is 853 g/mol. The molecule has 3 unspecified atom stereocenters. The number of hydrogen-bond donors (Lipinski definition) is 2. The lowest BCUT2D eigenvalue weighted by atomic mass is 9.97. The number of rotatable bonds is 14.